The number of para-hydroxylation sites is 1. The monoisotopic (exact) mass is 680 g/mol. The number of furan rings is 1. The number of rotatable bonds is 4. The van der Waals surface area contributed by atoms with Gasteiger partial charge >= 0.3 is 0 Å². The molecular weight excluding hydrogens is 653 g/mol. The molecule has 3 aromatic heterocycles. The maximum absolute atomic E-state index is 6.59. The molecule has 0 spiro atoms. The lowest BCUT2D eigenvalue weighted by Gasteiger charge is -2.12. The minimum absolute atomic E-state index is 0.702. The van der Waals surface area contributed by atoms with E-state index in [1.807, 2.05) is 12.1 Å². The van der Waals surface area contributed by atoms with Crippen LogP contribution in [0.3, 0.4) is 0 Å². The van der Waals surface area contributed by atoms with Crippen molar-refractivity contribution in [2.24, 2.45) is 0 Å². The van der Waals surface area contributed by atoms with Gasteiger partial charge < -0.3 is 4.42 Å². The normalized spacial score (nSPS) is 11.8. The second-order valence-corrected chi connectivity index (χ2v) is 14.4. The van der Waals surface area contributed by atoms with Gasteiger partial charge in [0.25, 0.3) is 0 Å². The van der Waals surface area contributed by atoms with Gasteiger partial charge in [-0.1, -0.05) is 133 Å². The van der Waals surface area contributed by atoms with Gasteiger partial charge in [-0.3, -0.25) is 0 Å². The third-order valence-corrected chi connectivity index (χ3v) is 11.4. The van der Waals surface area contributed by atoms with Crippen molar-refractivity contribution < 1.29 is 4.42 Å². The minimum atomic E-state index is 0.702. The van der Waals surface area contributed by atoms with E-state index in [1.54, 1.807) is 11.3 Å². The number of fused-ring (bicyclic) bond motifs is 8. The summed E-state index contributed by atoms with van der Waals surface area (Å²) in [6.45, 7) is 0. The van der Waals surface area contributed by atoms with Crippen molar-refractivity contribution in [3.63, 3.8) is 0 Å². The highest BCUT2D eigenvalue weighted by atomic mass is 32.1. The topological polar surface area (TPSA) is 38.9 Å². The summed E-state index contributed by atoms with van der Waals surface area (Å²) < 4.78 is 8.85. The second-order valence-electron chi connectivity index (χ2n) is 13.4. The first-order chi connectivity index (χ1) is 25.7. The van der Waals surface area contributed by atoms with Gasteiger partial charge in [-0.25, -0.2) is 9.97 Å². The van der Waals surface area contributed by atoms with E-state index in [-0.39, 0.29) is 0 Å². The maximum atomic E-state index is 6.59. The van der Waals surface area contributed by atoms with Gasteiger partial charge in [0.2, 0.25) is 0 Å². The number of aromatic nitrogens is 2. The molecule has 11 aromatic rings. The zero-order valence-corrected chi connectivity index (χ0v) is 28.7. The van der Waals surface area contributed by atoms with E-state index in [0.717, 1.165) is 71.1 Å². The highest BCUT2D eigenvalue weighted by molar-refractivity contribution is 7.26. The Morgan fingerprint density at radius 2 is 1.02 bits per heavy atom. The van der Waals surface area contributed by atoms with Crippen LogP contribution in [0.25, 0.3) is 109 Å². The van der Waals surface area contributed by atoms with Crippen molar-refractivity contribution >= 4 is 75.1 Å². The Kier molecular flexibility index (Phi) is 6.42. The molecule has 3 heterocycles. The van der Waals surface area contributed by atoms with E-state index in [0.29, 0.717) is 5.82 Å². The zero-order chi connectivity index (χ0) is 34.2. The lowest BCUT2D eigenvalue weighted by Crippen LogP contribution is -1.95. The first kappa shape index (κ1) is 29.1. The Morgan fingerprint density at radius 1 is 0.423 bits per heavy atom. The molecule has 0 atom stereocenters. The van der Waals surface area contributed by atoms with Crippen LogP contribution in [0, 0.1) is 0 Å². The Morgan fingerprint density at radius 3 is 1.77 bits per heavy atom. The average molecular weight is 681 g/mol. The molecule has 0 saturated carbocycles. The molecule has 242 valence electrons. The molecule has 0 saturated heterocycles. The van der Waals surface area contributed by atoms with E-state index in [2.05, 4.69) is 158 Å². The minimum Gasteiger partial charge on any atom is -0.456 e. The summed E-state index contributed by atoms with van der Waals surface area (Å²) in [5.41, 5.74) is 10.2. The van der Waals surface area contributed by atoms with Gasteiger partial charge in [-0.2, -0.15) is 0 Å². The number of benzene rings is 8. The third kappa shape index (κ3) is 4.65. The molecule has 8 aromatic carbocycles. The molecule has 0 radical (unpaired) electrons. The van der Waals surface area contributed by atoms with Gasteiger partial charge in [-0.15, -0.1) is 11.3 Å². The molecule has 4 heteroatoms. The highest BCUT2D eigenvalue weighted by Crippen LogP contribution is 2.45. The molecule has 0 amide bonds. The fraction of sp³-hybridized carbons (Fsp3) is 0. The summed E-state index contributed by atoms with van der Waals surface area (Å²) in [7, 11) is 0. The lowest BCUT2D eigenvalue weighted by molar-refractivity contribution is 0.669. The van der Waals surface area contributed by atoms with Crippen molar-refractivity contribution in [1.82, 2.24) is 9.97 Å². The summed E-state index contributed by atoms with van der Waals surface area (Å²) in [6, 6.07) is 60.3. The Hall–Kier alpha value is -6.62. The first-order valence-electron chi connectivity index (χ1n) is 17.5. The van der Waals surface area contributed by atoms with Crippen molar-refractivity contribution in [2.75, 3.05) is 0 Å². The van der Waals surface area contributed by atoms with Gasteiger partial charge in [0.15, 0.2) is 5.82 Å². The number of thiophene rings is 1. The van der Waals surface area contributed by atoms with Crippen LogP contribution in [0.2, 0.25) is 0 Å². The van der Waals surface area contributed by atoms with Crippen LogP contribution in [-0.2, 0) is 0 Å². The summed E-state index contributed by atoms with van der Waals surface area (Å²) in [5.74, 6) is 0.702. The molecule has 0 bridgehead atoms. The van der Waals surface area contributed by atoms with Gasteiger partial charge in [-0.05, 0) is 80.2 Å². The molecule has 0 aliphatic carbocycles. The quantitative estimate of drug-likeness (QED) is 0.186. The standard InChI is InChI=1S/C48H28N2OS/c1-3-11-33-25-35(23-19-29(33)9-1)31-17-21-32(22-18-31)48-49-45-39-14-6-8-16-43(39)52-47(45)46(50-48)40-27-37(36-24-20-30-10-2-4-12-34(30)26-36)28-42-44(40)38-13-5-7-15-41(38)51-42/h1-28H. The highest BCUT2D eigenvalue weighted by Gasteiger charge is 2.22. The van der Waals surface area contributed by atoms with Crippen molar-refractivity contribution in [3.05, 3.63) is 170 Å². The molecule has 0 unspecified atom stereocenters. The smallest absolute Gasteiger partial charge is 0.160 e. The second kappa shape index (κ2) is 11.5. The van der Waals surface area contributed by atoms with Crippen LogP contribution in [0.5, 0.6) is 0 Å². The molecule has 52 heavy (non-hydrogen) atoms. The molecule has 0 N–H and O–H groups in total. The van der Waals surface area contributed by atoms with Crippen LogP contribution in [0.1, 0.15) is 0 Å². The van der Waals surface area contributed by atoms with E-state index >= 15 is 0 Å². The molecule has 3 nitrogen and oxygen atoms in total. The molecule has 0 aliphatic rings. The number of hydrogen-bond acceptors (Lipinski definition) is 4. The van der Waals surface area contributed by atoms with Crippen LogP contribution >= 0.6 is 11.3 Å². The molecule has 0 aliphatic heterocycles. The van der Waals surface area contributed by atoms with E-state index in [4.69, 9.17) is 14.4 Å². The molecular formula is C48H28N2OS. The Bertz CT molecular complexity index is 3190. The number of nitrogens with zero attached hydrogens (tertiary/aromatic N) is 2. The Balaban J connectivity index is 1.15. The summed E-state index contributed by atoms with van der Waals surface area (Å²) in [5, 5.41) is 8.17. The lowest BCUT2D eigenvalue weighted by atomic mass is 9.95. The van der Waals surface area contributed by atoms with Gasteiger partial charge in [0.05, 0.1) is 15.9 Å². The average Bonchev–Trinajstić information content (AvgIpc) is 3.78. The van der Waals surface area contributed by atoms with Crippen LogP contribution < -0.4 is 0 Å². The van der Waals surface area contributed by atoms with Crippen molar-refractivity contribution in [3.8, 4) is 44.9 Å². The fourth-order valence-electron chi connectivity index (χ4n) is 7.66. The summed E-state index contributed by atoms with van der Waals surface area (Å²) in [4.78, 5) is 10.7. The van der Waals surface area contributed by atoms with Crippen LogP contribution in [-0.4, -0.2) is 9.97 Å². The summed E-state index contributed by atoms with van der Waals surface area (Å²) in [6.07, 6.45) is 0. The zero-order valence-electron chi connectivity index (χ0n) is 27.9. The Labute approximate surface area is 303 Å². The predicted octanol–water partition coefficient (Wildman–Crippen LogP) is 13.7. The van der Waals surface area contributed by atoms with Gasteiger partial charge in [0.1, 0.15) is 11.2 Å². The first-order valence-corrected chi connectivity index (χ1v) is 18.3. The molecule has 11 rings (SSSR count). The SMILES string of the molecule is c1ccc2cc(-c3ccc(-c4nc(-c5cc(-c6ccc7ccccc7c6)cc6oc7ccccc7c56)c5sc6ccccc6c5n4)cc3)ccc2c1. The maximum Gasteiger partial charge on any atom is 0.160 e. The third-order valence-electron chi connectivity index (χ3n) is 10.3. The molecule has 0 fully saturated rings. The van der Waals surface area contributed by atoms with E-state index in [9.17, 15) is 0 Å². The summed E-state index contributed by atoms with van der Waals surface area (Å²) >= 11 is 1.75. The van der Waals surface area contributed by atoms with Crippen LogP contribution in [0.15, 0.2) is 174 Å². The van der Waals surface area contributed by atoms with Crippen LogP contribution in [0.4, 0.5) is 0 Å². The van der Waals surface area contributed by atoms with Crippen molar-refractivity contribution in [2.45, 2.75) is 0 Å². The van der Waals surface area contributed by atoms with E-state index < -0.39 is 0 Å². The largest absolute Gasteiger partial charge is 0.456 e. The fourth-order valence-corrected chi connectivity index (χ4v) is 8.81. The predicted molar refractivity (Wildman–Crippen MR) is 219 cm³/mol. The van der Waals surface area contributed by atoms with Gasteiger partial charge in [0, 0.05) is 32.0 Å². The van der Waals surface area contributed by atoms with Crippen molar-refractivity contribution in [1.29, 1.82) is 0 Å². The number of hydrogen-bond donors (Lipinski definition) is 0. The van der Waals surface area contributed by atoms with E-state index in [1.165, 1.54) is 31.8 Å².